The number of piperidine rings is 1. The fourth-order valence-corrected chi connectivity index (χ4v) is 4.42. The van der Waals surface area contributed by atoms with E-state index in [9.17, 15) is 9.18 Å². The Bertz CT molecular complexity index is 1010. The van der Waals surface area contributed by atoms with Gasteiger partial charge in [0.15, 0.2) is 0 Å². The zero-order chi connectivity index (χ0) is 19.7. The molecule has 1 atom stereocenters. The van der Waals surface area contributed by atoms with Gasteiger partial charge in [0.1, 0.15) is 11.5 Å². The Hall–Kier alpha value is -2.62. The first-order valence-electron chi connectivity index (χ1n) is 10.1. The first-order valence-corrected chi connectivity index (χ1v) is 10.1. The number of aromatic nitrogens is 1. The number of hydrogen-bond acceptors (Lipinski definition) is 1. The number of aromatic amines is 1. The molecule has 1 aliphatic rings. The van der Waals surface area contributed by atoms with E-state index in [-0.39, 0.29) is 11.7 Å². The molecule has 2 heterocycles. The van der Waals surface area contributed by atoms with Crippen molar-refractivity contribution in [2.45, 2.75) is 39.5 Å². The molecule has 1 N–H and O–H groups in total. The van der Waals surface area contributed by atoms with E-state index >= 15 is 0 Å². The van der Waals surface area contributed by atoms with Crippen LogP contribution in [-0.2, 0) is 6.42 Å². The number of likely N-dealkylation sites (tertiary alicyclic amines) is 1. The number of hydrogen-bond donors (Lipinski definition) is 1. The lowest BCUT2D eigenvalue weighted by Gasteiger charge is -2.33. The van der Waals surface area contributed by atoms with Crippen molar-refractivity contribution in [1.29, 1.82) is 0 Å². The molecule has 1 amide bonds. The van der Waals surface area contributed by atoms with E-state index in [4.69, 9.17) is 0 Å². The Balaban J connectivity index is 1.47. The maximum Gasteiger partial charge on any atom is 0.270 e. The van der Waals surface area contributed by atoms with Crippen molar-refractivity contribution in [3.8, 4) is 0 Å². The predicted octanol–water partition coefficient (Wildman–Crippen LogP) is 5.41. The predicted molar refractivity (Wildman–Crippen MR) is 111 cm³/mol. The summed E-state index contributed by atoms with van der Waals surface area (Å²) in [6.07, 6.45) is 4.33. The average molecular weight is 378 g/mol. The molecule has 2 aromatic carbocycles. The summed E-state index contributed by atoms with van der Waals surface area (Å²) in [6.45, 7) is 5.61. The molecule has 28 heavy (non-hydrogen) atoms. The summed E-state index contributed by atoms with van der Waals surface area (Å²) < 4.78 is 14.1. The first kappa shape index (κ1) is 18.7. The molecule has 0 aliphatic carbocycles. The summed E-state index contributed by atoms with van der Waals surface area (Å²) in [7, 11) is 0. The van der Waals surface area contributed by atoms with Crippen LogP contribution in [0.1, 0.15) is 46.4 Å². The number of benzene rings is 2. The zero-order valence-electron chi connectivity index (χ0n) is 16.6. The van der Waals surface area contributed by atoms with Gasteiger partial charge in [-0.05, 0) is 68.2 Å². The number of para-hydroxylation sites is 1. The second-order valence-electron chi connectivity index (χ2n) is 8.01. The van der Waals surface area contributed by atoms with Gasteiger partial charge < -0.3 is 9.88 Å². The quantitative estimate of drug-likeness (QED) is 0.647. The molecule has 0 radical (unpaired) electrons. The summed E-state index contributed by atoms with van der Waals surface area (Å²) >= 11 is 0. The highest BCUT2D eigenvalue weighted by Gasteiger charge is 2.27. The number of nitrogens with zero attached hydrogens (tertiary/aromatic N) is 1. The number of amides is 1. The molecule has 3 aromatic rings. The summed E-state index contributed by atoms with van der Waals surface area (Å²) in [5.41, 5.74) is 4.52. The third-order valence-corrected chi connectivity index (χ3v) is 6.15. The molecule has 0 bridgehead atoms. The van der Waals surface area contributed by atoms with E-state index in [0.717, 1.165) is 49.7 Å². The summed E-state index contributed by atoms with van der Waals surface area (Å²) in [5, 5.41) is 0.788. The van der Waals surface area contributed by atoms with E-state index in [0.29, 0.717) is 17.1 Å². The van der Waals surface area contributed by atoms with Crippen LogP contribution in [0.5, 0.6) is 0 Å². The molecule has 4 rings (SSSR count). The van der Waals surface area contributed by atoms with Crippen molar-refractivity contribution in [2.75, 3.05) is 13.1 Å². The van der Waals surface area contributed by atoms with Crippen molar-refractivity contribution in [1.82, 2.24) is 9.88 Å². The van der Waals surface area contributed by atoms with Gasteiger partial charge in [0, 0.05) is 18.5 Å². The summed E-state index contributed by atoms with van der Waals surface area (Å²) in [6, 6.07) is 13.5. The highest BCUT2D eigenvalue weighted by atomic mass is 19.1. The molecule has 1 fully saturated rings. The fourth-order valence-electron chi connectivity index (χ4n) is 4.42. The summed E-state index contributed by atoms with van der Waals surface area (Å²) in [4.78, 5) is 18.1. The van der Waals surface area contributed by atoms with E-state index in [1.54, 1.807) is 6.07 Å². The number of nitrogens with one attached hydrogen (secondary N) is 1. The van der Waals surface area contributed by atoms with Crippen LogP contribution in [0.15, 0.2) is 42.5 Å². The number of carbonyl (C=O) groups excluding carboxylic acids is 1. The van der Waals surface area contributed by atoms with E-state index in [2.05, 4.69) is 36.2 Å². The van der Waals surface area contributed by atoms with Crippen LogP contribution in [0, 0.1) is 25.6 Å². The number of aryl methyl sites for hydroxylation is 3. The third-order valence-electron chi connectivity index (χ3n) is 6.15. The first-order chi connectivity index (χ1) is 13.5. The number of fused-ring (bicyclic) bond motifs is 1. The van der Waals surface area contributed by atoms with Gasteiger partial charge >= 0.3 is 0 Å². The van der Waals surface area contributed by atoms with Crippen molar-refractivity contribution >= 4 is 16.8 Å². The Kier molecular flexibility index (Phi) is 5.21. The van der Waals surface area contributed by atoms with Crippen molar-refractivity contribution in [3.63, 3.8) is 0 Å². The van der Waals surface area contributed by atoms with E-state index < -0.39 is 0 Å². The molecule has 1 aliphatic heterocycles. The fraction of sp³-hybridized carbons (Fsp3) is 0.375. The van der Waals surface area contributed by atoms with Gasteiger partial charge in [0.25, 0.3) is 5.91 Å². The van der Waals surface area contributed by atoms with Crippen molar-refractivity contribution < 1.29 is 9.18 Å². The molecular weight excluding hydrogens is 351 g/mol. The van der Waals surface area contributed by atoms with Crippen LogP contribution in [0.4, 0.5) is 4.39 Å². The van der Waals surface area contributed by atoms with Gasteiger partial charge in [-0.25, -0.2) is 4.39 Å². The highest BCUT2D eigenvalue weighted by Crippen LogP contribution is 2.27. The van der Waals surface area contributed by atoms with Crippen LogP contribution in [0.25, 0.3) is 10.9 Å². The molecule has 1 aromatic heterocycles. The zero-order valence-corrected chi connectivity index (χ0v) is 16.6. The normalized spacial score (nSPS) is 17.2. The van der Waals surface area contributed by atoms with Gasteiger partial charge in [-0.3, -0.25) is 4.79 Å². The van der Waals surface area contributed by atoms with Crippen LogP contribution in [0.2, 0.25) is 0 Å². The minimum Gasteiger partial charge on any atom is -0.348 e. The van der Waals surface area contributed by atoms with Crippen LogP contribution in [0.3, 0.4) is 0 Å². The number of rotatable bonds is 4. The molecule has 0 unspecified atom stereocenters. The molecule has 0 saturated carbocycles. The van der Waals surface area contributed by atoms with E-state index in [1.807, 2.05) is 17.9 Å². The van der Waals surface area contributed by atoms with Gasteiger partial charge in [-0.1, -0.05) is 36.4 Å². The lowest BCUT2D eigenvalue weighted by Crippen LogP contribution is -2.40. The molecule has 146 valence electrons. The summed E-state index contributed by atoms with van der Waals surface area (Å²) in [5.74, 6) is 0.196. The number of carbonyl (C=O) groups is 1. The van der Waals surface area contributed by atoms with E-state index in [1.165, 1.54) is 17.2 Å². The molecule has 4 heteroatoms. The minimum atomic E-state index is -0.311. The highest BCUT2D eigenvalue weighted by molar-refractivity contribution is 6.01. The average Bonchev–Trinajstić information content (AvgIpc) is 3.05. The van der Waals surface area contributed by atoms with Gasteiger partial charge in [0.2, 0.25) is 0 Å². The smallest absolute Gasteiger partial charge is 0.270 e. The second kappa shape index (κ2) is 7.78. The van der Waals surface area contributed by atoms with Crippen LogP contribution >= 0.6 is 0 Å². The maximum absolute atomic E-state index is 14.1. The number of halogens is 1. The Labute approximate surface area is 165 Å². The Morgan fingerprint density at radius 2 is 2.00 bits per heavy atom. The SMILES string of the molecule is Cc1ccccc1CC[C@H]1CCCN(C(=O)c2[nH]c3c(F)cccc3c2C)C1. The van der Waals surface area contributed by atoms with Crippen molar-refractivity contribution in [3.05, 3.63) is 70.7 Å². The molecule has 1 saturated heterocycles. The largest absolute Gasteiger partial charge is 0.348 e. The number of H-pyrrole nitrogens is 1. The molecule has 3 nitrogen and oxygen atoms in total. The lowest BCUT2D eigenvalue weighted by molar-refractivity contribution is 0.0662. The second-order valence-corrected chi connectivity index (χ2v) is 8.01. The topological polar surface area (TPSA) is 36.1 Å². The maximum atomic E-state index is 14.1. The van der Waals surface area contributed by atoms with Crippen LogP contribution < -0.4 is 0 Å². The Morgan fingerprint density at radius 3 is 2.79 bits per heavy atom. The standard InChI is InChI=1S/C24H27FN2O/c1-16-7-3-4-9-19(16)13-12-18-8-6-14-27(15-18)24(28)22-17(2)20-10-5-11-21(25)23(20)26-22/h3-5,7,9-11,18,26H,6,8,12-15H2,1-2H3/t18-/m1/s1. The monoisotopic (exact) mass is 378 g/mol. The lowest BCUT2D eigenvalue weighted by atomic mass is 9.90. The van der Waals surface area contributed by atoms with Gasteiger partial charge in [0.05, 0.1) is 5.52 Å². The van der Waals surface area contributed by atoms with Crippen LogP contribution in [-0.4, -0.2) is 28.9 Å². The third kappa shape index (κ3) is 3.56. The van der Waals surface area contributed by atoms with Gasteiger partial charge in [-0.15, -0.1) is 0 Å². The molecule has 0 spiro atoms. The Morgan fingerprint density at radius 1 is 1.18 bits per heavy atom. The van der Waals surface area contributed by atoms with Crippen molar-refractivity contribution in [2.24, 2.45) is 5.92 Å². The minimum absolute atomic E-state index is 0.00584. The molecular formula is C24H27FN2O. The van der Waals surface area contributed by atoms with Gasteiger partial charge in [-0.2, -0.15) is 0 Å².